The number of carbonyl (C=O) groups excluding carboxylic acids is 2. The number of nitrogens with zero attached hydrogens (tertiary/aromatic N) is 2. The summed E-state index contributed by atoms with van der Waals surface area (Å²) in [7, 11) is -1.63. The Morgan fingerprint density at radius 2 is 1.90 bits per heavy atom. The standard InChI is InChI=1S/C20H27N3O4S3/c1-4-5-6-7-12-22(2)16-10-8-15(9-11-16)13-17-19(25)23(20(28)29-17)14-18(24)21-30(3,26)27/h8-11,13H,4-7,12,14H2,1-3H3,(H,21,24). The molecule has 1 aliphatic heterocycles. The second-order valence-electron chi connectivity index (χ2n) is 7.14. The molecule has 1 aromatic carbocycles. The van der Waals surface area contributed by atoms with Crippen LogP contribution in [0.15, 0.2) is 29.2 Å². The number of unbranched alkanes of at least 4 members (excludes halogenated alkanes) is 3. The van der Waals surface area contributed by atoms with Crippen molar-refractivity contribution in [2.75, 3.05) is 31.3 Å². The number of amides is 2. The molecule has 0 aliphatic carbocycles. The Hall–Kier alpha value is -1.91. The monoisotopic (exact) mass is 469 g/mol. The molecule has 2 amide bonds. The van der Waals surface area contributed by atoms with Crippen LogP contribution < -0.4 is 9.62 Å². The second kappa shape index (κ2) is 10.9. The first-order valence-electron chi connectivity index (χ1n) is 9.68. The highest BCUT2D eigenvalue weighted by molar-refractivity contribution is 8.26. The molecule has 1 aromatic rings. The van der Waals surface area contributed by atoms with E-state index in [4.69, 9.17) is 12.2 Å². The fraction of sp³-hybridized carbons (Fsp3) is 0.450. The van der Waals surface area contributed by atoms with Gasteiger partial charge in [0.25, 0.3) is 11.8 Å². The van der Waals surface area contributed by atoms with Crippen molar-refractivity contribution in [3.05, 3.63) is 34.7 Å². The summed E-state index contributed by atoms with van der Waals surface area (Å²) in [6, 6.07) is 7.87. The Bertz CT molecular complexity index is 927. The van der Waals surface area contributed by atoms with E-state index in [9.17, 15) is 18.0 Å². The van der Waals surface area contributed by atoms with Gasteiger partial charge in [-0.3, -0.25) is 19.2 Å². The molecule has 0 bridgehead atoms. The molecule has 1 saturated heterocycles. The van der Waals surface area contributed by atoms with E-state index < -0.39 is 28.4 Å². The van der Waals surface area contributed by atoms with Crippen molar-refractivity contribution in [3.8, 4) is 0 Å². The van der Waals surface area contributed by atoms with E-state index in [1.54, 1.807) is 6.08 Å². The van der Waals surface area contributed by atoms with Crippen LogP contribution in [0.4, 0.5) is 5.69 Å². The van der Waals surface area contributed by atoms with Gasteiger partial charge in [-0.2, -0.15) is 0 Å². The Labute approximate surface area is 187 Å². The highest BCUT2D eigenvalue weighted by atomic mass is 32.2. The van der Waals surface area contributed by atoms with Gasteiger partial charge < -0.3 is 4.90 Å². The van der Waals surface area contributed by atoms with E-state index in [1.165, 1.54) is 19.3 Å². The molecular weight excluding hydrogens is 442 g/mol. The first-order chi connectivity index (χ1) is 14.1. The Morgan fingerprint density at radius 3 is 2.50 bits per heavy atom. The van der Waals surface area contributed by atoms with Gasteiger partial charge >= 0.3 is 0 Å². The molecule has 0 unspecified atom stereocenters. The molecule has 1 heterocycles. The second-order valence-corrected chi connectivity index (χ2v) is 10.6. The van der Waals surface area contributed by atoms with Crippen LogP contribution in [-0.4, -0.2) is 55.8 Å². The summed E-state index contributed by atoms with van der Waals surface area (Å²) in [5, 5.41) is 0. The van der Waals surface area contributed by atoms with Gasteiger partial charge in [0.05, 0.1) is 11.2 Å². The number of sulfonamides is 1. The van der Waals surface area contributed by atoms with Crippen LogP contribution in [0.2, 0.25) is 0 Å². The molecular formula is C20H27N3O4S3. The lowest BCUT2D eigenvalue weighted by atomic mass is 10.1. The van der Waals surface area contributed by atoms with Crippen LogP contribution >= 0.6 is 24.0 Å². The summed E-state index contributed by atoms with van der Waals surface area (Å²) in [5.74, 6) is -1.22. The lowest BCUT2D eigenvalue weighted by molar-refractivity contribution is -0.127. The fourth-order valence-corrected chi connectivity index (χ4v) is 4.63. The van der Waals surface area contributed by atoms with Crippen LogP contribution in [0.5, 0.6) is 0 Å². The van der Waals surface area contributed by atoms with Gasteiger partial charge in [-0.15, -0.1) is 0 Å². The average molecular weight is 470 g/mol. The maximum atomic E-state index is 12.6. The number of rotatable bonds is 10. The highest BCUT2D eigenvalue weighted by Crippen LogP contribution is 2.32. The van der Waals surface area contributed by atoms with Gasteiger partial charge in [-0.05, 0) is 30.2 Å². The minimum atomic E-state index is -3.69. The van der Waals surface area contributed by atoms with Gasteiger partial charge in [-0.25, -0.2) is 8.42 Å². The molecule has 0 radical (unpaired) electrons. The summed E-state index contributed by atoms with van der Waals surface area (Å²) >= 11 is 6.27. The van der Waals surface area contributed by atoms with Crippen molar-refractivity contribution in [3.63, 3.8) is 0 Å². The maximum absolute atomic E-state index is 12.6. The number of carbonyl (C=O) groups is 2. The minimum Gasteiger partial charge on any atom is -0.375 e. The van der Waals surface area contributed by atoms with Crippen molar-refractivity contribution >= 4 is 61.9 Å². The third kappa shape index (κ3) is 7.41. The normalized spacial score (nSPS) is 15.7. The molecule has 7 nitrogen and oxygen atoms in total. The molecule has 0 aromatic heterocycles. The van der Waals surface area contributed by atoms with Crippen LogP contribution in [-0.2, 0) is 19.6 Å². The Balaban J connectivity index is 2.00. The first kappa shape index (κ1) is 24.4. The largest absolute Gasteiger partial charge is 0.375 e. The lowest BCUT2D eigenvalue weighted by Crippen LogP contribution is -2.41. The summed E-state index contributed by atoms with van der Waals surface area (Å²) in [4.78, 5) is 28.1. The van der Waals surface area contributed by atoms with E-state index in [2.05, 4.69) is 18.9 Å². The zero-order valence-electron chi connectivity index (χ0n) is 17.4. The molecule has 1 fully saturated rings. The molecule has 0 saturated carbocycles. The van der Waals surface area contributed by atoms with Crippen LogP contribution in [0.1, 0.15) is 38.2 Å². The number of thiocarbonyl (C=S) groups is 1. The van der Waals surface area contributed by atoms with E-state index in [0.717, 1.165) is 47.1 Å². The molecule has 164 valence electrons. The minimum absolute atomic E-state index is 0.221. The van der Waals surface area contributed by atoms with Crippen LogP contribution in [0, 0.1) is 0 Å². The highest BCUT2D eigenvalue weighted by Gasteiger charge is 2.33. The quantitative estimate of drug-likeness (QED) is 0.320. The summed E-state index contributed by atoms with van der Waals surface area (Å²) in [6.45, 7) is 2.75. The Kier molecular flexibility index (Phi) is 8.87. The van der Waals surface area contributed by atoms with E-state index in [1.807, 2.05) is 29.0 Å². The van der Waals surface area contributed by atoms with Crippen LogP contribution in [0.3, 0.4) is 0 Å². The van der Waals surface area contributed by atoms with Crippen molar-refractivity contribution < 1.29 is 18.0 Å². The van der Waals surface area contributed by atoms with Gasteiger partial charge in [0.2, 0.25) is 10.0 Å². The third-order valence-corrected chi connectivity index (χ3v) is 6.43. The third-order valence-electron chi connectivity index (χ3n) is 4.45. The number of benzene rings is 1. The van der Waals surface area contributed by atoms with Crippen molar-refractivity contribution in [2.24, 2.45) is 0 Å². The summed E-state index contributed by atoms with van der Waals surface area (Å²) in [6.07, 6.45) is 7.44. The van der Waals surface area contributed by atoms with E-state index in [-0.39, 0.29) is 4.32 Å². The summed E-state index contributed by atoms with van der Waals surface area (Å²) < 4.78 is 24.4. The van der Waals surface area contributed by atoms with Gasteiger partial charge in [0.15, 0.2) is 0 Å². The summed E-state index contributed by atoms with van der Waals surface area (Å²) in [5.41, 5.74) is 1.95. The lowest BCUT2D eigenvalue weighted by Gasteiger charge is -2.19. The molecule has 10 heteroatoms. The molecule has 1 aliphatic rings. The van der Waals surface area contributed by atoms with Gasteiger partial charge in [0.1, 0.15) is 10.9 Å². The van der Waals surface area contributed by atoms with E-state index in [0.29, 0.717) is 4.91 Å². The topological polar surface area (TPSA) is 86.8 Å². The van der Waals surface area contributed by atoms with Crippen LogP contribution in [0.25, 0.3) is 6.08 Å². The maximum Gasteiger partial charge on any atom is 0.266 e. The average Bonchev–Trinajstić information content (AvgIpc) is 2.91. The fourth-order valence-electron chi connectivity index (χ4n) is 2.90. The number of thioether (sulfide) groups is 1. The predicted octanol–water partition coefficient (Wildman–Crippen LogP) is 2.98. The number of nitrogens with one attached hydrogen (secondary N) is 1. The van der Waals surface area contributed by atoms with Crippen molar-refractivity contribution in [2.45, 2.75) is 32.6 Å². The van der Waals surface area contributed by atoms with Gasteiger partial charge in [0, 0.05) is 19.3 Å². The SMILES string of the molecule is CCCCCCN(C)c1ccc(C=C2SC(=S)N(CC(=O)NS(C)(=O)=O)C2=O)cc1. The molecule has 2 rings (SSSR count). The number of hydrogen-bond donors (Lipinski definition) is 1. The molecule has 0 atom stereocenters. The number of hydrogen-bond acceptors (Lipinski definition) is 7. The predicted molar refractivity (Wildman–Crippen MR) is 127 cm³/mol. The molecule has 30 heavy (non-hydrogen) atoms. The smallest absolute Gasteiger partial charge is 0.266 e. The Morgan fingerprint density at radius 1 is 1.23 bits per heavy atom. The van der Waals surface area contributed by atoms with Crippen molar-refractivity contribution in [1.82, 2.24) is 9.62 Å². The first-order valence-corrected chi connectivity index (χ1v) is 12.8. The van der Waals surface area contributed by atoms with E-state index >= 15 is 0 Å². The number of anilines is 1. The van der Waals surface area contributed by atoms with Crippen molar-refractivity contribution in [1.29, 1.82) is 0 Å². The molecule has 0 spiro atoms. The molecule has 1 N–H and O–H groups in total. The zero-order chi connectivity index (χ0) is 22.3. The zero-order valence-corrected chi connectivity index (χ0v) is 19.8. The van der Waals surface area contributed by atoms with Gasteiger partial charge in [-0.1, -0.05) is 62.3 Å².